The van der Waals surface area contributed by atoms with E-state index in [-0.39, 0.29) is 0 Å². The molecule has 0 unspecified atom stereocenters. The highest BCUT2D eigenvalue weighted by molar-refractivity contribution is 5.11. The second kappa shape index (κ2) is 5.57. The SMILES string of the molecule is CC1=CC[C@@H](/C=C/[C@@H]2CC(N)=C[C@H](C)C2)CC1. The smallest absolute Gasteiger partial charge is 0.00485 e. The number of hydrogen-bond donors (Lipinski definition) is 1. The molecule has 3 atom stereocenters. The summed E-state index contributed by atoms with van der Waals surface area (Å²) in [4.78, 5) is 0. The van der Waals surface area contributed by atoms with Crippen LogP contribution in [-0.4, -0.2) is 0 Å². The van der Waals surface area contributed by atoms with Crippen molar-refractivity contribution >= 4 is 0 Å². The lowest BCUT2D eigenvalue weighted by molar-refractivity contribution is 0.466. The van der Waals surface area contributed by atoms with Gasteiger partial charge in [-0.25, -0.2) is 0 Å². The highest BCUT2D eigenvalue weighted by atomic mass is 14.6. The van der Waals surface area contributed by atoms with Gasteiger partial charge in [0.15, 0.2) is 0 Å². The van der Waals surface area contributed by atoms with Crippen LogP contribution in [0.25, 0.3) is 0 Å². The predicted molar refractivity (Wildman–Crippen MR) is 74.4 cm³/mol. The molecule has 0 spiro atoms. The molecule has 0 saturated heterocycles. The quantitative estimate of drug-likeness (QED) is 0.709. The lowest BCUT2D eigenvalue weighted by Crippen LogP contribution is -2.15. The molecular weight excluding hydrogens is 206 g/mol. The molecule has 2 aliphatic carbocycles. The maximum Gasteiger partial charge on any atom is 0.00485 e. The molecule has 94 valence electrons. The fourth-order valence-corrected chi connectivity index (χ4v) is 2.99. The second-order valence-electron chi connectivity index (χ2n) is 5.89. The zero-order valence-electron chi connectivity index (χ0n) is 11.2. The van der Waals surface area contributed by atoms with E-state index in [4.69, 9.17) is 5.73 Å². The number of nitrogens with two attached hydrogens (primary N) is 1. The summed E-state index contributed by atoms with van der Waals surface area (Å²) in [7, 11) is 0. The molecule has 0 bridgehead atoms. The van der Waals surface area contributed by atoms with Crippen LogP contribution in [0.2, 0.25) is 0 Å². The third-order valence-electron chi connectivity index (χ3n) is 4.00. The van der Waals surface area contributed by atoms with E-state index in [1.807, 2.05) is 0 Å². The van der Waals surface area contributed by atoms with E-state index in [9.17, 15) is 0 Å². The molecule has 1 nitrogen and oxygen atoms in total. The van der Waals surface area contributed by atoms with E-state index in [0.29, 0.717) is 11.8 Å². The van der Waals surface area contributed by atoms with Crippen LogP contribution in [0.1, 0.15) is 46.0 Å². The summed E-state index contributed by atoms with van der Waals surface area (Å²) in [5, 5.41) is 0. The summed E-state index contributed by atoms with van der Waals surface area (Å²) < 4.78 is 0. The Bertz CT molecular complexity index is 349. The van der Waals surface area contributed by atoms with Gasteiger partial charge in [0, 0.05) is 5.70 Å². The van der Waals surface area contributed by atoms with Crippen molar-refractivity contribution in [2.24, 2.45) is 23.5 Å². The Kier molecular flexibility index (Phi) is 4.09. The van der Waals surface area contributed by atoms with Gasteiger partial charge in [-0.2, -0.15) is 0 Å². The van der Waals surface area contributed by atoms with Crippen molar-refractivity contribution in [3.63, 3.8) is 0 Å². The Labute approximate surface area is 105 Å². The normalized spacial score (nSPS) is 34.6. The van der Waals surface area contributed by atoms with Gasteiger partial charge < -0.3 is 5.73 Å². The van der Waals surface area contributed by atoms with Gasteiger partial charge in [-0.1, -0.05) is 36.8 Å². The fourth-order valence-electron chi connectivity index (χ4n) is 2.99. The first-order valence-electron chi connectivity index (χ1n) is 6.93. The van der Waals surface area contributed by atoms with Gasteiger partial charge in [0.2, 0.25) is 0 Å². The van der Waals surface area contributed by atoms with E-state index in [2.05, 4.69) is 38.2 Å². The molecule has 0 fully saturated rings. The molecule has 0 amide bonds. The molecule has 2 rings (SSSR count). The summed E-state index contributed by atoms with van der Waals surface area (Å²) in [5.74, 6) is 2.08. The maximum atomic E-state index is 5.96. The fraction of sp³-hybridized carbons (Fsp3) is 0.625. The number of allylic oxidation sites excluding steroid dienone is 6. The Morgan fingerprint density at radius 2 is 2.06 bits per heavy atom. The van der Waals surface area contributed by atoms with Gasteiger partial charge in [-0.05, 0) is 56.8 Å². The molecule has 0 aromatic rings. The molecule has 0 aromatic carbocycles. The van der Waals surface area contributed by atoms with Crippen LogP contribution < -0.4 is 5.73 Å². The summed E-state index contributed by atoms with van der Waals surface area (Å²) in [6.07, 6.45) is 15.6. The zero-order chi connectivity index (χ0) is 12.3. The Morgan fingerprint density at radius 1 is 1.29 bits per heavy atom. The van der Waals surface area contributed by atoms with Crippen LogP contribution in [0.3, 0.4) is 0 Å². The monoisotopic (exact) mass is 231 g/mol. The average molecular weight is 231 g/mol. The molecule has 0 saturated carbocycles. The van der Waals surface area contributed by atoms with E-state index < -0.39 is 0 Å². The first-order chi connectivity index (χ1) is 8.13. The minimum atomic E-state index is 0.645. The van der Waals surface area contributed by atoms with Gasteiger partial charge in [0.25, 0.3) is 0 Å². The first kappa shape index (κ1) is 12.5. The summed E-state index contributed by atoms with van der Waals surface area (Å²) >= 11 is 0. The van der Waals surface area contributed by atoms with E-state index >= 15 is 0 Å². The van der Waals surface area contributed by atoms with Gasteiger partial charge in [-0.3, -0.25) is 0 Å². The molecule has 17 heavy (non-hydrogen) atoms. The standard InChI is InChI=1S/C16H25N/c1-12-3-5-14(6-4-12)7-8-15-9-13(2)10-16(17)11-15/h3,7-8,10,13-15H,4-6,9,11,17H2,1-2H3/b8-7+/t13-,14-,15+/m1/s1. The molecule has 0 aliphatic heterocycles. The van der Waals surface area contributed by atoms with Crippen LogP contribution in [0, 0.1) is 17.8 Å². The maximum absolute atomic E-state index is 5.96. The van der Waals surface area contributed by atoms with Crippen molar-refractivity contribution in [3.8, 4) is 0 Å². The lowest BCUT2D eigenvalue weighted by Gasteiger charge is -2.23. The molecule has 1 heteroatoms. The largest absolute Gasteiger partial charge is 0.402 e. The molecule has 0 radical (unpaired) electrons. The van der Waals surface area contributed by atoms with Crippen LogP contribution in [0.5, 0.6) is 0 Å². The average Bonchev–Trinajstić information content (AvgIpc) is 2.27. The predicted octanol–water partition coefficient (Wildman–Crippen LogP) is 4.18. The lowest BCUT2D eigenvalue weighted by atomic mass is 9.83. The van der Waals surface area contributed by atoms with Crippen molar-refractivity contribution in [2.45, 2.75) is 46.0 Å². The summed E-state index contributed by atoms with van der Waals surface area (Å²) in [6.45, 7) is 4.51. The Balaban J connectivity index is 1.87. The Morgan fingerprint density at radius 3 is 2.71 bits per heavy atom. The van der Waals surface area contributed by atoms with Crippen molar-refractivity contribution in [2.75, 3.05) is 0 Å². The van der Waals surface area contributed by atoms with E-state index in [1.54, 1.807) is 5.57 Å². The van der Waals surface area contributed by atoms with Gasteiger partial charge in [0.1, 0.15) is 0 Å². The van der Waals surface area contributed by atoms with Crippen LogP contribution in [-0.2, 0) is 0 Å². The minimum absolute atomic E-state index is 0.645. The highest BCUT2D eigenvalue weighted by Gasteiger charge is 2.17. The third kappa shape index (κ3) is 3.76. The Hall–Kier alpha value is -0.980. The van der Waals surface area contributed by atoms with Gasteiger partial charge >= 0.3 is 0 Å². The van der Waals surface area contributed by atoms with Crippen LogP contribution in [0.4, 0.5) is 0 Å². The van der Waals surface area contributed by atoms with Gasteiger partial charge in [-0.15, -0.1) is 0 Å². The van der Waals surface area contributed by atoms with Crippen LogP contribution in [0.15, 0.2) is 35.6 Å². The molecule has 0 aromatic heterocycles. The topological polar surface area (TPSA) is 26.0 Å². The van der Waals surface area contributed by atoms with Gasteiger partial charge in [0.05, 0.1) is 0 Å². The van der Waals surface area contributed by atoms with Crippen molar-refractivity contribution in [3.05, 3.63) is 35.6 Å². The number of hydrogen-bond acceptors (Lipinski definition) is 1. The molecule has 0 heterocycles. The summed E-state index contributed by atoms with van der Waals surface area (Å²) in [5.41, 5.74) is 8.60. The highest BCUT2D eigenvalue weighted by Crippen LogP contribution is 2.29. The summed E-state index contributed by atoms with van der Waals surface area (Å²) in [6, 6.07) is 0. The second-order valence-corrected chi connectivity index (χ2v) is 5.89. The first-order valence-corrected chi connectivity index (χ1v) is 6.93. The zero-order valence-corrected chi connectivity index (χ0v) is 11.2. The minimum Gasteiger partial charge on any atom is -0.402 e. The van der Waals surface area contributed by atoms with Crippen molar-refractivity contribution < 1.29 is 0 Å². The van der Waals surface area contributed by atoms with Crippen molar-refractivity contribution in [1.29, 1.82) is 0 Å². The van der Waals surface area contributed by atoms with Crippen LogP contribution >= 0.6 is 0 Å². The van der Waals surface area contributed by atoms with E-state index in [1.165, 1.54) is 25.7 Å². The molecule has 2 N–H and O–H groups in total. The van der Waals surface area contributed by atoms with E-state index in [0.717, 1.165) is 18.0 Å². The molecule has 2 aliphatic rings. The number of rotatable bonds is 2. The molecular formula is C16H25N. The van der Waals surface area contributed by atoms with Crippen molar-refractivity contribution in [1.82, 2.24) is 0 Å². The third-order valence-corrected chi connectivity index (χ3v) is 4.00.